The van der Waals surface area contributed by atoms with Crippen LogP contribution in [-0.4, -0.2) is 35.1 Å². The molecule has 3 N–H and O–H groups in total. The highest BCUT2D eigenvalue weighted by atomic mass is 32.1. The predicted molar refractivity (Wildman–Crippen MR) is 63.3 cm³/mol. The van der Waals surface area contributed by atoms with E-state index in [1.165, 1.54) is 4.90 Å². The normalized spacial score (nSPS) is 20.0. The Morgan fingerprint density at radius 1 is 1.71 bits per heavy atom. The van der Waals surface area contributed by atoms with Gasteiger partial charge in [0, 0.05) is 13.0 Å². The summed E-state index contributed by atoms with van der Waals surface area (Å²) < 4.78 is 0. The number of carboxylic acids is 1. The molecule has 1 aromatic rings. The van der Waals surface area contributed by atoms with Gasteiger partial charge in [0.25, 0.3) is 0 Å². The van der Waals surface area contributed by atoms with Crippen molar-refractivity contribution in [2.75, 3.05) is 18.0 Å². The molecule has 0 radical (unpaired) electrons. The van der Waals surface area contributed by atoms with Crippen molar-refractivity contribution < 1.29 is 14.7 Å². The number of amides is 1. The van der Waals surface area contributed by atoms with Gasteiger partial charge in [-0.25, -0.2) is 9.78 Å². The molecule has 1 aliphatic heterocycles. The number of aromatic carboxylic acids is 1. The lowest BCUT2D eigenvalue weighted by Gasteiger charge is -2.11. The zero-order valence-corrected chi connectivity index (χ0v) is 10.2. The first-order valence-electron chi connectivity index (χ1n) is 5.24. The molecule has 1 atom stereocenters. The summed E-state index contributed by atoms with van der Waals surface area (Å²) in [5, 5.41) is 9.39. The highest BCUT2D eigenvalue weighted by Gasteiger charge is 2.32. The molecule has 1 fully saturated rings. The quantitative estimate of drug-likeness (QED) is 0.818. The highest BCUT2D eigenvalue weighted by molar-refractivity contribution is 7.17. The molecule has 0 aromatic carbocycles. The second kappa shape index (κ2) is 4.42. The van der Waals surface area contributed by atoms with E-state index in [1.807, 2.05) is 0 Å². The van der Waals surface area contributed by atoms with Gasteiger partial charge in [-0.1, -0.05) is 11.3 Å². The Balaban J connectivity index is 2.26. The summed E-state index contributed by atoms with van der Waals surface area (Å²) in [7, 11) is 0. The maximum atomic E-state index is 11.7. The fraction of sp³-hybridized carbons (Fsp3) is 0.500. The molecule has 2 rings (SSSR count). The summed E-state index contributed by atoms with van der Waals surface area (Å²) in [5.41, 5.74) is 5.98. The minimum atomic E-state index is -1.01. The minimum Gasteiger partial charge on any atom is -0.477 e. The van der Waals surface area contributed by atoms with Crippen molar-refractivity contribution in [2.45, 2.75) is 13.3 Å². The number of thiazole rings is 1. The second-order valence-electron chi connectivity index (χ2n) is 4.03. The zero-order valence-electron chi connectivity index (χ0n) is 9.34. The monoisotopic (exact) mass is 255 g/mol. The number of hydrogen-bond acceptors (Lipinski definition) is 5. The standard InChI is InChI=1S/C10H13N3O3S/c1-5-8(9(15)16)17-10(12-5)13-4-6(3-11)2-7(13)14/h6H,2-4,11H2,1H3,(H,15,16). The Morgan fingerprint density at radius 3 is 2.88 bits per heavy atom. The molecule has 0 spiro atoms. The molecular formula is C10H13N3O3S. The number of aryl methyl sites for hydroxylation is 1. The molecule has 6 nitrogen and oxygen atoms in total. The number of rotatable bonds is 3. The lowest BCUT2D eigenvalue weighted by Crippen LogP contribution is -2.25. The van der Waals surface area contributed by atoms with E-state index in [-0.39, 0.29) is 16.7 Å². The van der Waals surface area contributed by atoms with Crippen molar-refractivity contribution in [3.8, 4) is 0 Å². The van der Waals surface area contributed by atoms with Gasteiger partial charge in [0.15, 0.2) is 5.13 Å². The second-order valence-corrected chi connectivity index (χ2v) is 5.00. The van der Waals surface area contributed by atoms with E-state index in [4.69, 9.17) is 10.8 Å². The third-order valence-corrected chi connectivity index (χ3v) is 3.92. The van der Waals surface area contributed by atoms with Crippen molar-refractivity contribution in [1.82, 2.24) is 4.98 Å². The molecule has 0 bridgehead atoms. The molecule has 0 saturated carbocycles. The van der Waals surface area contributed by atoms with Crippen molar-refractivity contribution >= 4 is 28.3 Å². The first kappa shape index (κ1) is 12.0. The summed E-state index contributed by atoms with van der Waals surface area (Å²) in [6.07, 6.45) is 0.414. The third-order valence-electron chi connectivity index (χ3n) is 2.75. The van der Waals surface area contributed by atoms with Crippen LogP contribution < -0.4 is 10.6 Å². The fourth-order valence-electron chi connectivity index (χ4n) is 1.82. The van der Waals surface area contributed by atoms with Crippen molar-refractivity contribution in [1.29, 1.82) is 0 Å². The molecule has 92 valence electrons. The highest BCUT2D eigenvalue weighted by Crippen LogP contribution is 2.30. The fourth-order valence-corrected chi connectivity index (χ4v) is 2.75. The molecule has 2 heterocycles. The molecule has 7 heteroatoms. The molecular weight excluding hydrogens is 242 g/mol. The summed E-state index contributed by atoms with van der Waals surface area (Å²) >= 11 is 1.03. The van der Waals surface area contributed by atoms with Crippen LogP contribution in [0.25, 0.3) is 0 Å². The lowest BCUT2D eigenvalue weighted by molar-refractivity contribution is -0.117. The number of carboxylic acid groups (broad SMARTS) is 1. The predicted octanol–water partition coefficient (Wildman–Crippen LogP) is 0.461. The molecule has 1 aliphatic rings. The number of nitrogens with two attached hydrogens (primary N) is 1. The van der Waals surface area contributed by atoms with Gasteiger partial charge in [-0.05, 0) is 19.4 Å². The molecule has 1 unspecified atom stereocenters. The number of hydrogen-bond donors (Lipinski definition) is 2. The molecule has 1 aromatic heterocycles. The SMILES string of the molecule is Cc1nc(N2CC(CN)CC2=O)sc1C(=O)O. The Labute approximate surface area is 102 Å². The van der Waals surface area contributed by atoms with E-state index in [2.05, 4.69) is 4.98 Å². The summed E-state index contributed by atoms with van der Waals surface area (Å²) in [6.45, 7) is 2.62. The smallest absolute Gasteiger partial charge is 0.347 e. The van der Waals surface area contributed by atoms with Crippen molar-refractivity contribution in [3.05, 3.63) is 10.6 Å². The summed E-state index contributed by atoms with van der Waals surface area (Å²) in [4.78, 5) is 28.5. The first-order chi connectivity index (χ1) is 8.02. The average molecular weight is 255 g/mol. The van der Waals surface area contributed by atoms with E-state index in [0.717, 1.165) is 11.3 Å². The van der Waals surface area contributed by atoms with Crippen LogP contribution in [0.4, 0.5) is 5.13 Å². The van der Waals surface area contributed by atoms with Gasteiger partial charge in [-0.3, -0.25) is 9.69 Å². The van der Waals surface area contributed by atoms with Crippen LogP contribution in [0.5, 0.6) is 0 Å². The van der Waals surface area contributed by atoms with Gasteiger partial charge < -0.3 is 10.8 Å². The Morgan fingerprint density at radius 2 is 2.41 bits per heavy atom. The largest absolute Gasteiger partial charge is 0.477 e. The van der Waals surface area contributed by atoms with Gasteiger partial charge in [0.1, 0.15) is 4.88 Å². The van der Waals surface area contributed by atoms with Crippen LogP contribution in [0.3, 0.4) is 0 Å². The minimum absolute atomic E-state index is 0.0360. The molecule has 1 amide bonds. The maximum absolute atomic E-state index is 11.7. The van der Waals surface area contributed by atoms with E-state index in [1.54, 1.807) is 6.92 Å². The van der Waals surface area contributed by atoms with Crippen molar-refractivity contribution in [2.24, 2.45) is 11.7 Å². The Hall–Kier alpha value is -1.47. The molecule has 1 saturated heterocycles. The maximum Gasteiger partial charge on any atom is 0.347 e. The lowest BCUT2D eigenvalue weighted by atomic mass is 10.1. The van der Waals surface area contributed by atoms with Gasteiger partial charge in [-0.15, -0.1) is 0 Å². The number of carbonyl (C=O) groups is 2. The summed E-state index contributed by atoms with van der Waals surface area (Å²) in [6, 6.07) is 0. The van der Waals surface area contributed by atoms with E-state index >= 15 is 0 Å². The van der Waals surface area contributed by atoms with Crippen LogP contribution in [0.2, 0.25) is 0 Å². The third kappa shape index (κ3) is 2.16. The first-order valence-corrected chi connectivity index (χ1v) is 6.05. The van der Waals surface area contributed by atoms with Gasteiger partial charge in [-0.2, -0.15) is 0 Å². The van der Waals surface area contributed by atoms with E-state index < -0.39 is 5.97 Å². The van der Waals surface area contributed by atoms with Gasteiger partial charge >= 0.3 is 5.97 Å². The molecule has 17 heavy (non-hydrogen) atoms. The molecule has 0 aliphatic carbocycles. The van der Waals surface area contributed by atoms with Crippen LogP contribution in [-0.2, 0) is 4.79 Å². The van der Waals surface area contributed by atoms with Gasteiger partial charge in [0.05, 0.1) is 5.69 Å². The number of carbonyl (C=O) groups excluding carboxylic acids is 1. The number of nitrogens with zero attached hydrogens (tertiary/aromatic N) is 2. The average Bonchev–Trinajstić information content (AvgIpc) is 2.81. The van der Waals surface area contributed by atoms with E-state index in [0.29, 0.717) is 30.3 Å². The topological polar surface area (TPSA) is 96.5 Å². The zero-order chi connectivity index (χ0) is 12.6. The van der Waals surface area contributed by atoms with E-state index in [9.17, 15) is 9.59 Å². The number of anilines is 1. The summed E-state index contributed by atoms with van der Waals surface area (Å²) in [5.74, 6) is -0.903. The van der Waals surface area contributed by atoms with Crippen LogP contribution in [0.1, 0.15) is 21.8 Å². The van der Waals surface area contributed by atoms with Crippen LogP contribution in [0, 0.1) is 12.8 Å². The Kier molecular flexibility index (Phi) is 3.12. The Bertz CT molecular complexity index is 471. The van der Waals surface area contributed by atoms with Crippen LogP contribution >= 0.6 is 11.3 Å². The number of aromatic nitrogens is 1. The van der Waals surface area contributed by atoms with Gasteiger partial charge in [0.2, 0.25) is 5.91 Å². The van der Waals surface area contributed by atoms with Crippen LogP contribution in [0.15, 0.2) is 0 Å². The van der Waals surface area contributed by atoms with Crippen molar-refractivity contribution in [3.63, 3.8) is 0 Å².